The molecular weight excluding hydrogens is 368 g/mol. The topological polar surface area (TPSA) is 71.7 Å². The molecule has 7 nitrogen and oxygen atoms in total. The number of ether oxygens (including phenoxy) is 1. The number of aromatic nitrogens is 2. The van der Waals surface area contributed by atoms with Crippen LogP contribution in [0.3, 0.4) is 0 Å². The number of benzene rings is 1. The standard InChI is InChI=1S/C22H26N4O3/c1-4-15-13-16(28-3)14-18-19(15)22(27)29-21(24-18)17-7-5-8-23-20(17)26-10-6-9-25(2)11-12-26/h5,7-8,13-14H,4,6,9-12H2,1-3H3. The van der Waals surface area contributed by atoms with Gasteiger partial charge in [-0.2, -0.15) is 0 Å². The molecule has 0 aliphatic carbocycles. The molecule has 1 fully saturated rings. The number of hydrogen-bond acceptors (Lipinski definition) is 7. The minimum atomic E-state index is -0.380. The lowest BCUT2D eigenvalue weighted by molar-refractivity contribution is 0.360. The molecule has 0 spiro atoms. The van der Waals surface area contributed by atoms with Gasteiger partial charge >= 0.3 is 5.63 Å². The van der Waals surface area contributed by atoms with Crippen LogP contribution in [0.1, 0.15) is 18.9 Å². The third-order valence-electron chi connectivity index (χ3n) is 5.44. The summed E-state index contributed by atoms with van der Waals surface area (Å²) < 4.78 is 11.1. The normalized spacial score (nSPS) is 15.5. The molecule has 7 heteroatoms. The highest BCUT2D eigenvalue weighted by Gasteiger charge is 2.21. The Hall–Kier alpha value is -2.93. The van der Waals surface area contributed by atoms with Crippen LogP contribution < -0.4 is 15.3 Å². The molecule has 2 aromatic heterocycles. The van der Waals surface area contributed by atoms with Crippen molar-refractivity contribution in [1.29, 1.82) is 0 Å². The first kappa shape index (κ1) is 19.4. The van der Waals surface area contributed by atoms with E-state index in [9.17, 15) is 4.79 Å². The molecular formula is C22H26N4O3. The Kier molecular flexibility index (Phi) is 5.49. The molecule has 1 saturated heterocycles. The smallest absolute Gasteiger partial charge is 0.347 e. The lowest BCUT2D eigenvalue weighted by Gasteiger charge is -2.23. The van der Waals surface area contributed by atoms with Gasteiger partial charge in [0, 0.05) is 31.9 Å². The van der Waals surface area contributed by atoms with Crippen molar-refractivity contribution < 1.29 is 9.15 Å². The van der Waals surface area contributed by atoms with Gasteiger partial charge in [0.2, 0.25) is 5.89 Å². The minimum Gasteiger partial charge on any atom is -0.497 e. The summed E-state index contributed by atoms with van der Waals surface area (Å²) in [4.78, 5) is 26.7. The Bertz CT molecular complexity index is 1080. The third kappa shape index (κ3) is 3.82. The van der Waals surface area contributed by atoms with Crippen LogP contribution in [-0.4, -0.2) is 55.2 Å². The van der Waals surface area contributed by atoms with Crippen LogP contribution in [0.4, 0.5) is 5.82 Å². The third-order valence-corrected chi connectivity index (χ3v) is 5.44. The highest BCUT2D eigenvalue weighted by molar-refractivity contribution is 5.84. The number of hydrogen-bond donors (Lipinski definition) is 0. The molecule has 0 N–H and O–H groups in total. The molecule has 152 valence electrons. The van der Waals surface area contributed by atoms with E-state index in [-0.39, 0.29) is 5.63 Å². The van der Waals surface area contributed by atoms with Gasteiger partial charge in [0.1, 0.15) is 11.6 Å². The van der Waals surface area contributed by atoms with Crippen LogP contribution in [0.15, 0.2) is 39.7 Å². The number of nitrogens with zero attached hydrogens (tertiary/aromatic N) is 4. The number of rotatable bonds is 4. The average molecular weight is 394 g/mol. The van der Waals surface area contributed by atoms with Crippen LogP contribution in [0, 0.1) is 0 Å². The number of aryl methyl sites for hydroxylation is 1. The summed E-state index contributed by atoms with van der Waals surface area (Å²) in [6.45, 7) is 5.78. The zero-order chi connectivity index (χ0) is 20.4. The van der Waals surface area contributed by atoms with Crippen molar-refractivity contribution in [1.82, 2.24) is 14.9 Å². The number of likely N-dealkylation sites (N-methyl/N-ethyl adjacent to an activating group) is 1. The van der Waals surface area contributed by atoms with Gasteiger partial charge in [0.25, 0.3) is 0 Å². The van der Waals surface area contributed by atoms with E-state index in [2.05, 4.69) is 21.8 Å². The van der Waals surface area contributed by atoms with Gasteiger partial charge in [-0.3, -0.25) is 0 Å². The first-order chi connectivity index (χ1) is 14.1. The molecule has 1 aliphatic heterocycles. The second-order valence-corrected chi connectivity index (χ2v) is 7.36. The van der Waals surface area contributed by atoms with Gasteiger partial charge in [0.05, 0.1) is 23.6 Å². The molecule has 1 aromatic carbocycles. The number of fused-ring (bicyclic) bond motifs is 1. The Balaban J connectivity index is 1.84. The largest absolute Gasteiger partial charge is 0.497 e. The van der Waals surface area contributed by atoms with Crippen LogP contribution in [-0.2, 0) is 6.42 Å². The summed E-state index contributed by atoms with van der Waals surface area (Å²) in [5.74, 6) is 1.77. The second kappa shape index (κ2) is 8.21. The van der Waals surface area contributed by atoms with E-state index >= 15 is 0 Å². The predicted molar refractivity (Wildman–Crippen MR) is 114 cm³/mol. The summed E-state index contributed by atoms with van der Waals surface area (Å²) in [6.07, 6.45) is 3.52. The highest BCUT2D eigenvalue weighted by atomic mass is 16.5. The molecule has 3 heterocycles. The molecule has 0 radical (unpaired) electrons. The Morgan fingerprint density at radius 3 is 2.86 bits per heavy atom. The molecule has 0 unspecified atom stereocenters. The van der Waals surface area contributed by atoms with Gasteiger partial charge in [-0.05, 0) is 50.2 Å². The van der Waals surface area contributed by atoms with Crippen LogP contribution >= 0.6 is 0 Å². The summed E-state index contributed by atoms with van der Waals surface area (Å²) >= 11 is 0. The average Bonchev–Trinajstić information content (AvgIpc) is 2.97. The van der Waals surface area contributed by atoms with E-state index in [1.54, 1.807) is 19.4 Å². The summed E-state index contributed by atoms with van der Waals surface area (Å²) in [6, 6.07) is 7.41. The van der Waals surface area contributed by atoms with Crippen molar-refractivity contribution in [2.75, 3.05) is 45.2 Å². The summed E-state index contributed by atoms with van der Waals surface area (Å²) in [7, 11) is 3.74. The van der Waals surface area contributed by atoms with Gasteiger partial charge in [-0.15, -0.1) is 0 Å². The zero-order valence-corrected chi connectivity index (χ0v) is 17.1. The van der Waals surface area contributed by atoms with E-state index < -0.39 is 0 Å². The second-order valence-electron chi connectivity index (χ2n) is 7.36. The van der Waals surface area contributed by atoms with Crippen molar-refractivity contribution in [3.8, 4) is 17.2 Å². The molecule has 4 rings (SSSR count). The van der Waals surface area contributed by atoms with E-state index in [0.717, 1.165) is 49.5 Å². The summed E-state index contributed by atoms with van der Waals surface area (Å²) in [5.41, 5.74) is 1.80. The molecule has 0 bridgehead atoms. The Morgan fingerprint density at radius 1 is 1.21 bits per heavy atom. The molecule has 3 aromatic rings. The van der Waals surface area contributed by atoms with Crippen LogP contribution in [0.25, 0.3) is 22.4 Å². The van der Waals surface area contributed by atoms with Gasteiger partial charge in [0.15, 0.2) is 0 Å². The quantitative estimate of drug-likeness (QED) is 0.674. The monoisotopic (exact) mass is 394 g/mol. The first-order valence-electron chi connectivity index (χ1n) is 10.0. The molecule has 1 aliphatic rings. The van der Waals surface area contributed by atoms with E-state index in [4.69, 9.17) is 14.1 Å². The zero-order valence-electron chi connectivity index (χ0n) is 17.1. The van der Waals surface area contributed by atoms with Crippen molar-refractivity contribution >= 4 is 16.7 Å². The van der Waals surface area contributed by atoms with Gasteiger partial charge < -0.3 is 19.0 Å². The number of methoxy groups -OCH3 is 1. The van der Waals surface area contributed by atoms with Crippen molar-refractivity contribution in [2.45, 2.75) is 19.8 Å². The summed E-state index contributed by atoms with van der Waals surface area (Å²) in [5, 5.41) is 0.513. The maximum absolute atomic E-state index is 12.8. The fraction of sp³-hybridized carbons (Fsp3) is 0.409. The fourth-order valence-corrected chi connectivity index (χ4v) is 3.84. The SMILES string of the molecule is CCc1cc(OC)cc2nc(-c3cccnc3N3CCCN(C)CC3)oc(=O)c12. The maximum atomic E-state index is 12.8. The Morgan fingerprint density at radius 2 is 2.07 bits per heavy atom. The Labute approximate surface area is 169 Å². The highest BCUT2D eigenvalue weighted by Crippen LogP contribution is 2.30. The maximum Gasteiger partial charge on any atom is 0.347 e. The predicted octanol–water partition coefficient (Wildman–Crippen LogP) is 2.96. The van der Waals surface area contributed by atoms with Crippen molar-refractivity contribution in [3.63, 3.8) is 0 Å². The van der Waals surface area contributed by atoms with Crippen molar-refractivity contribution in [3.05, 3.63) is 46.4 Å². The fourth-order valence-electron chi connectivity index (χ4n) is 3.84. The van der Waals surface area contributed by atoms with E-state index in [1.165, 1.54) is 0 Å². The number of pyridine rings is 1. The van der Waals surface area contributed by atoms with Gasteiger partial charge in [-0.25, -0.2) is 14.8 Å². The van der Waals surface area contributed by atoms with Gasteiger partial charge in [-0.1, -0.05) is 6.92 Å². The van der Waals surface area contributed by atoms with Crippen LogP contribution in [0.5, 0.6) is 5.75 Å². The molecule has 0 atom stereocenters. The lowest BCUT2D eigenvalue weighted by atomic mass is 10.1. The van der Waals surface area contributed by atoms with E-state index in [1.807, 2.05) is 25.1 Å². The van der Waals surface area contributed by atoms with E-state index in [0.29, 0.717) is 29.0 Å². The molecule has 0 amide bonds. The first-order valence-corrected chi connectivity index (χ1v) is 10.0. The lowest BCUT2D eigenvalue weighted by Crippen LogP contribution is -2.29. The minimum absolute atomic E-state index is 0.290. The molecule has 0 saturated carbocycles. The number of anilines is 1. The molecule has 29 heavy (non-hydrogen) atoms. The van der Waals surface area contributed by atoms with Crippen molar-refractivity contribution in [2.24, 2.45) is 0 Å². The van der Waals surface area contributed by atoms with Crippen LogP contribution in [0.2, 0.25) is 0 Å².